The molecule has 0 saturated carbocycles. The molecule has 0 saturated heterocycles. The fourth-order valence-corrected chi connectivity index (χ4v) is 2.03. The van der Waals surface area contributed by atoms with Crippen LogP contribution in [0.15, 0.2) is 34.5 Å². The van der Waals surface area contributed by atoms with Crippen LogP contribution in [0.1, 0.15) is 18.7 Å². The van der Waals surface area contributed by atoms with Gasteiger partial charge < -0.3 is 4.90 Å². The smallest absolute Gasteiger partial charge is 0.218 e. The van der Waals surface area contributed by atoms with Crippen molar-refractivity contribution in [3.63, 3.8) is 0 Å². The van der Waals surface area contributed by atoms with E-state index < -0.39 is 0 Å². The summed E-state index contributed by atoms with van der Waals surface area (Å²) in [6.07, 6.45) is -0.110. The number of hydrogen-bond acceptors (Lipinski definition) is 2. The van der Waals surface area contributed by atoms with E-state index in [1.165, 1.54) is 0 Å². The molecule has 1 aliphatic rings. The van der Waals surface area contributed by atoms with E-state index in [9.17, 15) is 0 Å². The maximum absolute atomic E-state index is 5.93. The molecule has 1 unspecified atom stereocenters. The molecule has 0 bridgehead atoms. The van der Waals surface area contributed by atoms with Crippen LogP contribution >= 0.6 is 23.8 Å². The van der Waals surface area contributed by atoms with Crippen molar-refractivity contribution in [3.8, 4) is 0 Å². The number of hydrogen-bond donors (Lipinski definition) is 0. The van der Waals surface area contributed by atoms with E-state index in [0.29, 0.717) is 10.1 Å². The van der Waals surface area contributed by atoms with Crippen molar-refractivity contribution < 1.29 is 0 Å². The molecule has 5 heteroatoms. The van der Waals surface area contributed by atoms with Crippen LogP contribution in [0.25, 0.3) is 0 Å². The quantitative estimate of drug-likeness (QED) is 0.740. The van der Waals surface area contributed by atoms with Crippen molar-refractivity contribution in [1.82, 2.24) is 4.90 Å². The van der Waals surface area contributed by atoms with Gasteiger partial charge in [0.25, 0.3) is 0 Å². The van der Waals surface area contributed by atoms with Gasteiger partial charge in [0.1, 0.15) is 0 Å². The Morgan fingerprint density at radius 2 is 2.33 bits per heavy atom. The maximum Gasteiger partial charge on any atom is 0.218 e. The minimum atomic E-state index is -0.110. The van der Waals surface area contributed by atoms with E-state index in [4.69, 9.17) is 23.8 Å². The highest BCUT2D eigenvalue weighted by molar-refractivity contribution is 7.80. The molecule has 0 spiro atoms. The van der Waals surface area contributed by atoms with Gasteiger partial charge in [0, 0.05) is 11.6 Å². The van der Waals surface area contributed by atoms with Crippen LogP contribution in [-0.4, -0.2) is 16.6 Å². The Morgan fingerprint density at radius 1 is 1.53 bits per heavy atom. The highest BCUT2D eigenvalue weighted by Crippen LogP contribution is 2.29. The Labute approximate surface area is 98.8 Å². The fraction of sp³-hybridized carbons (Fsp3) is 0.300. The number of rotatable bonds is 2. The predicted octanol–water partition coefficient (Wildman–Crippen LogP) is 3.41. The SMILES string of the molecule is CCN1C(=S)N=NC1c1cccc(Cl)c1. The molecule has 0 amide bonds. The van der Waals surface area contributed by atoms with Crippen molar-refractivity contribution in [2.24, 2.45) is 10.2 Å². The minimum absolute atomic E-state index is 0.110. The van der Waals surface area contributed by atoms with Crippen molar-refractivity contribution in [2.45, 2.75) is 13.1 Å². The van der Waals surface area contributed by atoms with E-state index >= 15 is 0 Å². The molecule has 0 fully saturated rings. The lowest BCUT2D eigenvalue weighted by Gasteiger charge is -2.21. The van der Waals surface area contributed by atoms with Gasteiger partial charge in [0.05, 0.1) is 0 Å². The number of halogens is 1. The van der Waals surface area contributed by atoms with E-state index in [-0.39, 0.29) is 6.17 Å². The Kier molecular flexibility index (Phi) is 2.98. The van der Waals surface area contributed by atoms with Crippen LogP contribution in [-0.2, 0) is 0 Å². The third kappa shape index (κ3) is 2.01. The molecule has 0 aromatic heterocycles. The zero-order valence-corrected chi connectivity index (χ0v) is 9.79. The molecule has 2 rings (SSSR count). The Hall–Kier alpha value is -1.00. The second kappa shape index (κ2) is 4.24. The number of azo groups is 1. The van der Waals surface area contributed by atoms with Gasteiger partial charge >= 0.3 is 0 Å². The summed E-state index contributed by atoms with van der Waals surface area (Å²) in [4.78, 5) is 1.96. The second-order valence-electron chi connectivity index (χ2n) is 3.21. The largest absolute Gasteiger partial charge is 0.319 e. The molecule has 1 aromatic carbocycles. The summed E-state index contributed by atoms with van der Waals surface area (Å²) in [5.74, 6) is 0. The van der Waals surface area contributed by atoms with Crippen molar-refractivity contribution >= 4 is 28.9 Å². The summed E-state index contributed by atoms with van der Waals surface area (Å²) in [7, 11) is 0. The van der Waals surface area contributed by atoms with Gasteiger partial charge in [-0.1, -0.05) is 23.7 Å². The Morgan fingerprint density at radius 3 is 3.00 bits per heavy atom. The molecule has 1 aromatic rings. The standard InChI is InChI=1S/C10H10ClN3S/c1-2-14-9(12-13-10(14)15)7-4-3-5-8(11)6-7/h3-6,9H,2H2,1H3. The Bertz CT molecular complexity index is 419. The topological polar surface area (TPSA) is 28.0 Å². The summed E-state index contributed by atoms with van der Waals surface area (Å²) < 4.78 is 0. The number of benzene rings is 1. The van der Waals surface area contributed by atoms with Crippen LogP contribution in [0.4, 0.5) is 0 Å². The summed E-state index contributed by atoms with van der Waals surface area (Å²) >= 11 is 11.0. The van der Waals surface area contributed by atoms with Crippen LogP contribution < -0.4 is 0 Å². The zero-order chi connectivity index (χ0) is 10.8. The highest BCUT2D eigenvalue weighted by atomic mass is 35.5. The lowest BCUT2D eigenvalue weighted by Crippen LogP contribution is -2.26. The molecule has 3 nitrogen and oxygen atoms in total. The average molecular weight is 240 g/mol. The van der Waals surface area contributed by atoms with Gasteiger partial charge in [-0.3, -0.25) is 0 Å². The number of nitrogens with zero attached hydrogens (tertiary/aromatic N) is 3. The third-order valence-electron chi connectivity index (χ3n) is 2.28. The van der Waals surface area contributed by atoms with Gasteiger partial charge in [-0.2, -0.15) is 5.11 Å². The van der Waals surface area contributed by atoms with E-state index in [2.05, 4.69) is 10.2 Å². The molecule has 0 radical (unpaired) electrons. The lowest BCUT2D eigenvalue weighted by molar-refractivity contribution is 0.364. The summed E-state index contributed by atoms with van der Waals surface area (Å²) in [5, 5.41) is 9.30. The molecule has 1 atom stereocenters. The van der Waals surface area contributed by atoms with Gasteiger partial charge in [-0.15, -0.1) is 5.11 Å². The number of thiocarbonyl (C=S) groups is 1. The predicted molar refractivity (Wildman–Crippen MR) is 64.0 cm³/mol. The highest BCUT2D eigenvalue weighted by Gasteiger charge is 2.26. The van der Waals surface area contributed by atoms with Gasteiger partial charge in [-0.25, -0.2) is 0 Å². The van der Waals surface area contributed by atoms with Crippen LogP contribution in [0.2, 0.25) is 5.02 Å². The minimum Gasteiger partial charge on any atom is -0.319 e. The van der Waals surface area contributed by atoms with E-state index in [1.807, 2.05) is 36.1 Å². The first-order chi connectivity index (χ1) is 7.22. The molecule has 0 aliphatic carbocycles. The first kappa shape index (κ1) is 10.5. The lowest BCUT2D eigenvalue weighted by atomic mass is 10.1. The molecule has 78 valence electrons. The molecule has 1 heterocycles. The van der Waals surface area contributed by atoms with Crippen LogP contribution in [0.5, 0.6) is 0 Å². The molecule has 1 aliphatic heterocycles. The van der Waals surface area contributed by atoms with Gasteiger partial charge in [0.15, 0.2) is 6.17 Å². The van der Waals surface area contributed by atoms with Crippen LogP contribution in [0, 0.1) is 0 Å². The van der Waals surface area contributed by atoms with Crippen molar-refractivity contribution in [1.29, 1.82) is 0 Å². The van der Waals surface area contributed by atoms with Gasteiger partial charge in [-0.05, 0) is 36.8 Å². The molecule has 15 heavy (non-hydrogen) atoms. The Balaban J connectivity index is 2.32. The monoisotopic (exact) mass is 239 g/mol. The first-order valence-electron chi connectivity index (χ1n) is 4.69. The van der Waals surface area contributed by atoms with E-state index in [1.54, 1.807) is 0 Å². The van der Waals surface area contributed by atoms with Crippen molar-refractivity contribution in [2.75, 3.05) is 6.54 Å². The molecular formula is C10H10ClN3S. The van der Waals surface area contributed by atoms with Crippen LogP contribution in [0.3, 0.4) is 0 Å². The first-order valence-corrected chi connectivity index (χ1v) is 5.48. The summed E-state index contributed by atoms with van der Waals surface area (Å²) in [5.41, 5.74) is 1.02. The second-order valence-corrected chi connectivity index (χ2v) is 4.01. The zero-order valence-electron chi connectivity index (χ0n) is 8.22. The maximum atomic E-state index is 5.93. The fourth-order valence-electron chi connectivity index (χ4n) is 1.55. The molecule has 0 N–H and O–H groups in total. The molecular weight excluding hydrogens is 230 g/mol. The average Bonchev–Trinajstić information content (AvgIpc) is 2.59. The summed E-state index contributed by atoms with van der Waals surface area (Å²) in [6, 6.07) is 7.61. The van der Waals surface area contributed by atoms with E-state index in [0.717, 1.165) is 12.1 Å². The normalized spacial score (nSPS) is 20.0. The van der Waals surface area contributed by atoms with Gasteiger partial charge in [0.2, 0.25) is 5.11 Å². The third-order valence-corrected chi connectivity index (χ3v) is 2.83. The summed E-state index contributed by atoms with van der Waals surface area (Å²) in [6.45, 7) is 2.82. The van der Waals surface area contributed by atoms with Crippen molar-refractivity contribution in [3.05, 3.63) is 34.9 Å².